The molecule has 1 rings (SSSR count). The van der Waals surface area contributed by atoms with Crippen LogP contribution in [0.15, 0.2) is 34.1 Å². The standard InChI is InChI=1S/C10H12O4S2/c1-15-8-2-4-9(5-3-8)16(13,14)7-6-10(11)12/h2-5H,6-7H2,1H3,(H,11,12). The molecule has 0 atom stereocenters. The fourth-order valence-corrected chi connectivity index (χ4v) is 2.76. The van der Waals surface area contributed by atoms with Crippen molar-refractivity contribution in [3.63, 3.8) is 0 Å². The molecule has 1 aromatic rings. The van der Waals surface area contributed by atoms with E-state index in [0.29, 0.717) is 0 Å². The molecule has 4 nitrogen and oxygen atoms in total. The number of thioether (sulfide) groups is 1. The lowest BCUT2D eigenvalue weighted by atomic mass is 10.4. The zero-order valence-electron chi connectivity index (χ0n) is 8.71. The monoisotopic (exact) mass is 260 g/mol. The molecular formula is C10H12O4S2. The van der Waals surface area contributed by atoms with Crippen LogP contribution in [0.5, 0.6) is 0 Å². The SMILES string of the molecule is CSc1ccc(S(=O)(=O)CCC(=O)O)cc1. The number of aliphatic carboxylic acids is 1. The van der Waals surface area contributed by atoms with Gasteiger partial charge in [-0.3, -0.25) is 4.79 Å². The Balaban J connectivity index is 2.85. The molecule has 0 saturated carbocycles. The van der Waals surface area contributed by atoms with E-state index in [4.69, 9.17) is 5.11 Å². The molecule has 0 aliphatic carbocycles. The first kappa shape index (κ1) is 13.1. The molecule has 88 valence electrons. The molecule has 0 aromatic heterocycles. The van der Waals surface area contributed by atoms with Gasteiger partial charge in [0.1, 0.15) is 0 Å². The summed E-state index contributed by atoms with van der Waals surface area (Å²) in [5, 5.41) is 8.44. The van der Waals surface area contributed by atoms with Crippen LogP contribution in [0.4, 0.5) is 0 Å². The summed E-state index contributed by atoms with van der Waals surface area (Å²) in [5.41, 5.74) is 0. The van der Waals surface area contributed by atoms with Crippen LogP contribution >= 0.6 is 11.8 Å². The lowest BCUT2D eigenvalue weighted by Gasteiger charge is -2.03. The van der Waals surface area contributed by atoms with Crippen molar-refractivity contribution in [1.82, 2.24) is 0 Å². The number of sulfone groups is 1. The van der Waals surface area contributed by atoms with Crippen molar-refractivity contribution in [2.24, 2.45) is 0 Å². The van der Waals surface area contributed by atoms with E-state index in [1.807, 2.05) is 6.26 Å². The Labute approximate surface area is 98.6 Å². The number of carboxylic acids is 1. The van der Waals surface area contributed by atoms with Crippen LogP contribution < -0.4 is 0 Å². The summed E-state index contributed by atoms with van der Waals surface area (Å²) in [6.45, 7) is 0. The van der Waals surface area contributed by atoms with Gasteiger partial charge in [-0.1, -0.05) is 0 Å². The highest BCUT2D eigenvalue weighted by Gasteiger charge is 2.15. The van der Waals surface area contributed by atoms with E-state index in [9.17, 15) is 13.2 Å². The van der Waals surface area contributed by atoms with Crippen LogP contribution in [0.25, 0.3) is 0 Å². The minimum absolute atomic E-state index is 0.173. The molecule has 0 bridgehead atoms. The van der Waals surface area contributed by atoms with Crippen molar-refractivity contribution in [3.05, 3.63) is 24.3 Å². The van der Waals surface area contributed by atoms with Crippen molar-refractivity contribution in [2.45, 2.75) is 16.2 Å². The molecule has 16 heavy (non-hydrogen) atoms. The number of hydrogen-bond acceptors (Lipinski definition) is 4. The van der Waals surface area contributed by atoms with Gasteiger partial charge in [0.25, 0.3) is 0 Å². The van der Waals surface area contributed by atoms with Gasteiger partial charge in [0.2, 0.25) is 0 Å². The second-order valence-electron chi connectivity index (χ2n) is 3.14. The summed E-state index contributed by atoms with van der Waals surface area (Å²) in [7, 11) is -3.47. The Morgan fingerprint density at radius 3 is 2.31 bits per heavy atom. The van der Waals surface area contributed by atoms with Crippen LogP contribution in [-0.2, 0) is 14.6 Å². The first-order valence-electron chi connectivity index (χ1n) is 4.54. The first-order chi connectivity index (χ1) is 7.45. The molecule has 0 spiro atoms. The minimum Gasteiger partial charge on any atom is -0.481 e. The van der Waals surface area contributed by atoms with E-state index in [0.717, 1.165) is 4.90 Å². The number of carbonyl (C=O) groups is 1. The van der Waals surface area contributed by atoms with Crippen LogP contribution in [0.2, 0.25) is 0 Å². The van der Waals surface area contributed by atoms with Gasteiger partial charge >= 0.3 is 5.97 Å². The number of rotatable bonds is 5. The average Bonchev–Trinajstić information content (AvgIpc) is 2.27. The highest BCUT2D eigenvalue weighted by molar-refractivity contribution is 7.98. The zero-order valence-corrected chi connectivity index (χ0v) is 10.3. The second kappa shape index (κ2) is 5.36. The number of benzene rings is 1. The van der Waals surface area contributed by atoms with E-state index in [1.165, 1.54) is 23.9 Å². The van der Waals surface area contributed by atoms with Crippen molar-refractivity contribution in [1.29, 1.82) is 0 Å². The Morgan fingerprint density at radius 1 is 1.31 bits per heavy atom. The lowest BCUT2D eigenvalue weighted by Crippen LogP contribution is -2.10. The van der Waals surface area contributed by atoms with Gasteiger partial charge < -0.3 is 5.11 Å². The third-order valence-electron chi connectivity index (χ3n) is 2.00. The summed E-state index contributed by atoms with van der Waals surface area (Å²) < 4.78 is 23.3. The molecule has 0 radical (unpaired) electrons. The fraction of sp³-hybridized carbons (Fsp3) is 0.300. The zero-order chi connectivity index (χ0) is 12.2. The molecule has 0 aliphatic heterocycles. The van der Waals surface area contributed by atoms with Crippen LogP contribution in [-0.4, -0.2) is 31.5 Å². The molecule has 0 saturated heterocycles. The average molecular weight is 260 g/mol. The Morgan fingerprint density at radius 2 is 1.88 bits per heavy atom. The van der Waals surface area contributed by atoms with Crippen LogP contribution in [0, 0.1) is 0 Å². The van der Waals surface area contributed by atoms with Crippen molar-refractivity contribution < 1.29 is 18.3 Å². The van der Waals surface area contributed by atoms with Gasteiger partial charge in [0, 0.05) is 4.90 Å². The van der Waals surface area contributed by atoms with Crippen molar-refractivity contribution in [3.8, 4) is 0 Å². The summed E-state index contributed by atoms with van der Waals surface area (Å²) in [4.78, 5) is 11.5. The molecule has 0 unspecified atom stereocenters. The largest absolute Gasteiger partial charge is 0.481 e. The lowest BCUT2D eigenvalue weighted by molar-refractivity contribution is -0.136. The third-order valence-corrected chi connectivity index (χ3v) is 4.48. The third kappa shape index (κ3) is 3.53. The Hall–Kier alpha value is -1.01. The molecule has 1 aromatic carbocycles. The quantitative estimate of drug-likeness (QED) is 0.815. The van der Waals surface area contributed by atoms with E-state index in [-0.39, 0.29) is 17.1 Å². The summed E-state index contributed by atoms with van der Waals surface area (Å²) >= 11 is 1.52. The van der Waals surface area contributed by atoms with Gasteiger partial charge in [0.05, 0.1) is 17.1 Å². The van der Waals surface area contributed by atoms with Gasteiger partial charge in [-0.05, 0) is 30.5 Å². The highest BCUT2D eigenvalue weighted by atomic mass is 32.2. The van der Waals surface area contributed by atoms with E-state index < -0.39 is 15.8 Å². The van der Waals surface area contributed by atoms with E-state index >= 15 is 0 Å². The second-order valence-corrected chi connectivity index (χ2v) is 6.13. The Kier molecular flexibility index (Phi) is 4.37. The topological polar surface area (TPSA) is 71.4 Å². The molecule has 6 heteroatoms. The predicted molar refractivity (Wildman–Crippen MR) is 62.5 cm³/mol. The molecule has 0 fully saturated rings. The molecule has 0 aliphatic rings. The van der Waals surface area contributed by atoms with Gasteiger partial charge in [-0.15, -0.1) is 11.8 Å². The maximum atomic E-state index is 11.7. The van der Waals surface area contributed by atoms with Gasteiger partial charge in [-0.2, -0.15) is 0 Å². The predicted octanol–water partition coefficient (Wildman–Crippen LogP) is 1.66. The van der Waals surface area contributed by atoms with Gasteiger partial charge in [-0.25, -0.2) is 8.42 Å². The molecular weight excluding hydrogens is 248 g/mol. The Bertz CT molecular complexity index is 462. The number of carboxylic acid groups (broad SMARTS) is 1. The molecule has 0 amide bonds. The van der Waals surface area contributed by atoms with E-state index in [1.54, 1.807) is 12.1 Å². The van der Waals surface area contributed by atoms with E-state index in [2.05, 4.69) is 0 Å². The minimum atomic E-state index is -3.47. The van der Waals surface area contributed by atoms with Gasteiger partial charge in [0.15, 0.2) is 9.84 Å². The van der Waals surface area contributed by atoms with Crippen LogP contribution in [0.3, 0.4) is 0 Å². The summed E-state index contributed by atoms with van der Waals surface area (Å²) in [5.74, 6) is -1.47. The summed E-state index contributed by atoms with van der Waals surface area (Å²) in [6, 6.07) is 6.42. The number of hydrogen-bond donors (Lipinski definition) is 1. The summed E-state index contributed by atoms with van der Waals surface area (Å²) in [6.07, 6.45) is 1.53. The molecule has 0 heterocycles. The first-order valence-corrected chi connectivity index (χ1v) is 7.42. The van der Waals surface area contributed by atoms with Crippen LogP contribution in [0.1, 0.15) is 6.42 Å². The highest BCUT2D eigenvalue weighted by Crippen LogP contribution is 2.18. The maximum absolute atomic E-state index is 11.7. The molecule has 1 N–H and O–H groups in total. The van der Waals surface area contributed by atoms with Crippen molar-refractivity contribution >= 4 is 27.6 Å². The maximum Gasteiger partial charge on any atom is 0.304 e. The van der Waals surface area contributed by atoms with Crippen molar-refractivity contribution in [2.75, 3.05) is 12.0 Å². The normalized spacial score (nSPS) is 11.3. The fourth-order valence-electron chi connectivity index (χ4n) is 1.12. The smallest absolute Gasteiger partial charge is 0.304 e.